The predicted octanol–water partition coefficient (Wildman–Crippen LogP) is 4.86. The van der Waals surface area contributed by atoms with Crippen LogP contribution in [0.15, 0.2) is 91.5 Å². The number of fused-ring (bicyclic) bond motifs is 3. The molecule has 0 atom stereocenters. The summed E-state index contributed by atoms with van der Waals surface area (Å²) in [5.41, 5.74) is 3.08. The Morgan fingerprint density at radius 2 is 1.20 bits per heavy atom. The standard InChI is InChI=1S/C12H8N2.C9H8N2/c1-3-9-5-6-10-4-2-8-14-12(10)11(9)13-7-1;1-2-4-8(5-3-1)9-10-6-7-11-9/h1-8H;1-7H,(H,10,11). The van der Waals surface area contributed by atoms with E-state index in [4.69, 9.17) is 0 Å². The molecule has 0 aliphatic rings. The Bertz CT molecular complexity index is 1030. The molecule has 0 aliphatic heterocycles. The highest BCUT2D eigenvalue weighted by molar-refractivity contribution is 6.02. The van der Waals surface area contributed by atoms with Crippen LogP contribution in [0.3, 0.4) is 0 Å². The quantitative estimate of drug-likeness (QED) is 0.448. The molecule has 3 aromatic heterocycles. The summed E-state index contributed by atoms with van der Waals surface area (Å²) in [5.74, 6) is 0.922. The summed E-state index contributed by atoms with van der Waals surface area (Å²) in [7, 11) is 0. The second-order valence-electron chi connectivity index (χ2n) is 5.52. The summed E-state index contributed by atoms with van der Waals surface area (Å²) in [6.45, 7) is 0. The van der Waals surface area contributed by atoms with Gasteiger partial charge in [0.25, 0.3) is 0 Å². The van der Waals surface area contributed by atoms with Gasteiger partial charge in [0.15, 0.2) is 0 Å². The van der Waals surface area contributed by atoms with Gasteiger partial charge in [-0.05, 0) is 12.1 Å². The van der Waals surface area contributed by atoms with E-state index in [1.54, 1.807) is 18.6 Å². The second-order valence-corrected chi connectivity index (χ2v) is 5.52. The van der Waals surface area contributed by atoms with Gasteiger partial charge < -0.3 is 4.98 Å². The minimum absolute atomic E-state index is 0.922. The van der Waals surface area contributed by atoms with Crippen molar-refractivity contribution in [3.63, 3.8) is 0 Å². The van der Waals surface area contributed by atoms with E-state index in [-0.39, 0.29) is 0 Å². The number of pyridine rings is 2. The molecule has 0 unspecified atom stereocenters. The second kappa shape index (κ2) is 6.93. The average Bonchev–Trinajstić information content (AvgIpc) is 3.24. The van der Waals surface area contributed by atoms with Crippen molar-refractivity contribution in [1.82, 2.24) is 19.9 Å². The molecule has 0 amide bonds. The van der Waals surface area contributed by atoms with Crippen molar-refractivity contribution in [2.45, 2.75) is 0 Å². The Morgan fingerprint density at radius 1 is 0.560 bits per heavy atom. The minimum atomic E-state index is 0.922. The van der Waals surface area contributed by atoms with Crippen LogP contribution < -0.4 is 0 Å². The van der Waals surface area contributed by atoms with E-state index < -0.39 is 0 Å². The first kappa shape index (κ1) is 15.0. The fraction of sp³-hybridized carbons (Fsp3) is 0. The van der Waals surface area contributed by atoms with Crippen LogP contribution in [0.2, 0.25) is 0 Å². The Morgan fingerprint density at radius 3 is 1.76 bits per heavy atom. The third-order valence-electron chi connectivity index (χ3n) is 3.89. The van der Waals surface area contributed by atoms with Gasteiger partial charge in [-0.2, -0.15) is 0 Å². The molecule has 4 heteroatoms. The number of aromatic amines is 1. The first-order valence-electron chi connectivity index (χ1n) is 8.05. The zero-order valence-electron chi connectivity index (χ0n) is 13.5. The molecular formula is C21H16N4. The van der Waals surface area contributed by atoms with Crippen LogP contribution in [0.1, 0.15) is 0 Å². The molecule has 0 saturated carbocycles. The number of nitrogens with zero attached hydrogens (tertiary/aromatic N) is 3. The maximum Gasteiger partial charge on any atom is 0.137 e. The largest absolute Gasteiger partial charge is 0.345 e. The average molecular weight is 324 g/mol. The lowest BCUT2D eigenvalue weighted by Crippen LogP contribution is -1.83. The topological polar surface area (TPSA) is 54.5 Å². The monoisotopic (exact) mass is 324 g/mol. The van der Waals surface area contributed by atoms with Gasteiger partial charge in [-0.3, -0.25) is 9.97 Å². The van der Waals surface area contributed by atoms with Crippen LogP contribution in [0, 0.1) is 0 Å². The molecule has 0 radical (unpaired) electrons. The van der Waals surface area contributed by atoms with E-state index in [2.05, 4.69) is 44.2 Å². The normalized spacial score (nSPS) is 10.4. The summed E-state index contributed by atoms with van der Waals surface area (Å²) in [5, 5.41) is 2.28. The Kier molecular flexibility index (Phi) is 4.16. The zero-order chi connectivity index (χ0) is 16.9. The van der Waals surface area contributed by atoms with Gasteiger partial charge in [-0.15, -0.1) is 0 Å². The van der Waals surface area contributed by atoms with Crippen LogP contribution in [0.4, 0.5) is 0 Å². The SMILES string of the molecule is c1ccc(-c2ncc[nH]2)cc1.c1cnc2c(c1)ccc1cccnc12. The number of rotatable bonds is 1. The number of aromatic nitrogens is 4. The maximum absolute atomic E-state index is 4.35. The van der Waals surface area contributed by atoms with Crippen molar-refractivity contribution in [3.05, 3.63) is 91.5 Å². The fourth-order valence-corrected chi connectivity index (χ4v) is 2.70. The van der Waals surface area contributed by atoms with Gasteiger partial charge in [-0.25, -0.2) is 4.98 Å². The van der Waals surface area contributed by atoms with E-state index in [9.17, 15) is 0 Å². The summed E-state index contributed by atoms with van der Waals surface area (Å²) < 4.78 is 0. The van der Waals surface area contributed by atoms with Crippen molar-refractivity contribution in [2.75, 3.05) is 0 Å². The van der Waals surface area contributed by atoms with Crippen LogP contribution in [0.5, 0.6) is 0 Å². The smallest absolute Gasteiger partial charge is 0.137 e. The van der Waals surface area contributed by atoms with Gasteiger partial charge in [-0.1, -0.05) is 54.6 Å². The molecule has 5 rings (SSSR count). The van der Waals surface area contributed by atoms with Crippen molar-refractivity contribution in [2.24, 2.45) is 0 Å². The van der Waals surface area contributed by atoms with E-state index >= 15 is 0 Å². The molecule has 0 aliphatic carbocycles. The van der Waals surface area contributed by atoms with Gasteiger partial charge in [0.2, 0.25) is 0 Å². The lowest BCUT2D eigenvalue weighted by Gasteiger charge is -2.00. The van der Waals surface area contributed by atoms with Crippen molar-refractivity contribution in [1.29, 1.82) is 0 Å². The molecule has 25 heavy (non-hydrogen) atoms. The van der Waals surface area contributed by atoms with Crippen molar-refractivity contribution in [3.8, 4) is 11.4 Å². The third kappa shape index (κ3) is 3.23. The summed E-state index contributed by atoms with van der Waals surface area (Å²) in [6.07, 6.45) is 7.18. The van der Waals surface area contributed by atoms with Crippen LogP contribution >= 0.6 is 0 Å². The van der Waals surface area contributed by atoms with E-state index in [1.165, 1.54) is 0 Å². The first-order valence-corrected chi connectivity index (χ1v) is 8.05. The molecule has 3 heterocycles. The Balaban J connectivity index is 0.000000129. The van der Waals surface area contributed by atoms with E-state index in [1.807, 2.05) is 48.7 Å². The number of benzene rings is 2. The van der Waals surface area contributed by atoms with Crippen LogP contribution in [-0.4, -0.2) is 19.9 Å². The van der Waals surface area contributed by atoms with E-state index in [0.29, 0.717) is 0 Å². The Labute approximate surface area is 145 Å². The number of hydrogen-bond acceptors (Lipinski definition) is 3. The molecule has 1 N–H and O–H groups in total. The molecule has 0 spiro atoms. The molecule has 5 aromatic rings. The lowest BCUT2D eigenvalue weighted by atomic mass is 10.1. The fourth-order valence-electron chi connectivity index (χ4n) is 2.70. The highest BCUT2D eigenvalue weighted by atomic mass is 14.9. The van der Waals surface area contributed by atoms with Crippen molar-refractivity contribution < 1.29 is 0 Å². The third-order valence-corrected chi connectivity index (χ3v) is 3.89. The number of imidazole rings is 1. The lowest BCUT2D eigenvalue weighted by molar-refractivity contribution is 1.31. The summed E-state index contributed by atoms with van der Waals surface area (Å²) >= 11 is 0. The van der Waals surface area contributed by atoms with Crippen LogP contribution in [-0.2, 0) is 0 Å². The molecule has 2 aromatic carbocycles. The highest BCUT2D eigenvalue weighted by Crippen LogP contribution is 2.20. The molecular weight excluding hydrogens is 308 g/mol. The zero-order valence-corrected chi connectivity index (χ0v) is 13.5. The van der Waals surface area contributed by atoms with Gasteiger partial charge >= 0.3 is 0 Å². The minimum Gasteiger partial charge on any atom is -0.345 e. The van der Waals surface area contributed by atoms with E-state index in [0.717, 1.165) is 33.2 Å². The molecule has 0 fully saturated rings. The first-order chi connectivity index (χ1) is 12.4. The van der Waals surface area contributed by atoms with Gasteiger partial charge in [0.1, 0.15) is 5.82 Å². The van der Waals surface area contributed by atoms with Crippen LogP contribution in [0.25, 0.3) is 33.2 Å². The molecule has 4 nitrogen and oxygen atoms in total. The maximum atomic E-state index is 4.35. The molecule has 0 bridgehead atoms. The summed E-state index contributed by atoms with van der Waals surface area (Å²) in [6, 6.07) is 22.2. The van der Waals surface area contributed by atoms with Gasteiger partial charge in [0.05, 0.1) is 11.0 Å². The number of H-pyrrole nitrogens is 1. The highest BCUT2D eigenvalue weighted by Gasteiger charge is 2.00. The number of hydrogen-bond donors (Lipinski definition) is 1. The predicted molar refractivity (Wildman–Crippen MR) is 101 cm³/mol. The molecule has 0 saturated heterocycles. The van der Waals surface area contributed by atoms with Crippen molar-refractivity contribution >= 4 is 21.8 Å². The number of nitrogens with one attached hydrogen (secondary N) is 1. The molecule has 120 valence electrons. The summed E-state index contributed by atoms with van der Waals surface area (Å²) in [4.78, 5) is 15.9. The van der Waals surface area contributed by atoms with Gasteiger partial charge in [0, 0.05) is 41.1 Å². The Hall–Kier alpha value is -3.53.